The molecule has 1 aliphatic rings. The third kappa shape index (κ3) is 1.68. The summed E-state index contributed by atoms with van der Waals surface area (Å²) in [4.78, 5) is 2.85. The third-order valence-corrected chi connectivity index (χ3v) is 4.11. The van der Waals surface area contributed by atoms with Crippen LogP contribution in [0.1, 0.15) is 36.1 Å². The first kappa shape index (κ1) is 10.3. The first-order valence-electron chi connectivity index (χ1n) is 5.22. The van der Waals surface area contributed by atoms with Gasteiger partial charge in [-0.15, -0.1) is 11.3 Å². The summed E-state index contributed by atoms with van der Waals surface area (Å²) in [5, 5.41) is 10.2. The van der Waals surface area contributed by atoms with E-state index in [2.05, 4.69) is 24.9 Å². The summed E-state index contributed by atoms with van der Waals surface area (Å²) < 4.78 is 0. The quantitative estimate of drug-likeness (QED) is 0.853. The first-order chi connectivity index (χ1) is 7.19. The SMILES string of the molecule is CCN(C)c1sc(C#N)c(N)c1C1CC1. The van der Waals surface area contributed by atoms with E-state index in [1.54, 1.807) is 0 Å². The topological polar surface area (TPSA) is 53.0 Å². The molecule has 0 aliphatic heterocycles. The summed E-state index contributed by atoms with van der Waals surface area (Å²) in [6.45, 7) is 3.06. The van der Waals surface area contributed by atoms with Crippen molar-refractivity contribution in [2.75, 3.05) is 24.2 Å². The molecule has 0 aromatic carbocycles. The molecule has 1 aliphatic carbocycles. The average molecular weight is 221 g/mol. The van der Waals surface area contributed by atoms with Crippen molar-refractivity contribution < 1.29 is 0 Å². The fourth-order valence-corrected chi connectivity index (χ4v) is 2.85. The lowest BCUT2D eigenvalue weighted by Crippen LogP contribution is -2.15. The fourth-order valence-electron chi connectivity index (χ4n) is 1.72. The van der Waals surface area contributed by atoms with Crippen LogP contribution in [0.5, 0.6) is 0 Å². The molecular weight excluding hydrogens is 206 g/mol. The maximum Gasteiger partial charge on any atom is 0.130 e. The van der Waals surface area contributed by atoms with E-state index in [-0.39, 0.29) is 0 Å². The van der Waals surface area contributed by atoms with Gasteiger partial charge in [0.15, 0.2) is 0 Å². The van der Waals surface area contributed by atoms with E-state index >= 15 is 0 Å². The molecule has 15 heavy (non-hydrogen) atoms. The zero-order valence-electron chi connectivity index (χ0n) is 9.08. The van der Waals surface area contributed by atoms with Crippen molar-refractivity contribution in [3.05, 3.63) is 10.4 Å². The molecule has 1 aromatic rings. The van der Waals surface area contributed by atoms with E-state index in [1.807, 2.05) is 0 Å². The van der Waals surface area contributed by atoms with Crippen LogP contribution < -0.4 is 10.6 Å². The normalized spacial score (nSPS) is 15.0. The van der Waals surface area contributed by atoms with Crippen LogP contribution in [0.15, 0.2) is 0 Å². The highest BCUT2D eigenvalue weighted by atomic mass is 32.1. The highest BCUT2D eigenvalue weighted by Gasteiger charge is 2.32. The summed E-state index contributed by atoms with van der Waals surface area (Å²) in [6.07, 6.45) is 2.44. The highest BCUT2D eigenvalue weighted by Crippen LogP contribution is 2.51. The van der Waals surface area contributed by atoms with Crippen LogP contribution in [0.2, 0.25) is 0 Å². The maximum absolute atomic E-state index is 8.97. The minimum absolute atomic E-state index is 0.604. The predicted molar refractivity (Wildman–Crippen MR) is 64.4 cm³/mol. The zero-order chi connectivity index (χ0) is 11.0. The van der Waals surface area contributed by atoms with Gasteiger partial charge >= 0.3 is 0 Å². The largest absolute Gasteiger partial charge is 0.397 e. The number of anilines is 2. The molecule has 0 atom stereocenters. The Kier molecular flexibility index (Phi) is 2.57. The number of hydrogen-bond donors (Lipinski definition) is 1. The molecule has 1 heterocycles. The van der Waals surface area contributed by atoms with E-state index in [0.717, 1.165) is 12.2 Å². The predicted octanol–water partition coefficient (Wildman–Crippen LogP) is 2.54. The number of nitrogens with two attached hydrogens (primary N) is 1. The molecular formula is C11H15N3S. The van der Waals surface area contributed by atoms with Crippen LogP contribution >= 0.6 is 11.3 Å². The molecule has 1 saturated carbocycles. The summed E-state index contributed by atoms with van der Waals surface area (Å²) in [7, 11) is 2.05. The molecule has 0 saturated heterocycles. The number of nitriles is 1. The van der Waals surface area contributed by atoms with Crippen molar-refractivity contribution in [3.63, 3.8) is 0 Å². The summed E-state index contributed by atoms with van der Waals surface area (Å²) in [5.41, 5.74) is 7.95. The van der Waals surface area contributed by atoms with Crippen LogP contribution in [-0.4, -0.2) is 13.6 Å². The molecule has 80 valence electrons. The molecule has 0 bridgehead atoms. The molecule has 3 nitrogen and oxygen atoms in total. The second-order valence-corrected chi connectivity index (χ2v) is 4.96. The smallest absolute Gasteiger partial charge is 0.130 e. The Morgan fingerprint density at radius 2 is 2.27 bits per heavy atom. The summed E-state index contributed by atoms with van der Waals surface area (Å²) in [6, 6.07) is 2.18. The Hall–Kier alpha value is -1.21. The van der Waals surface area contributed by atoms with Gasteiger partial charge in [0.25, 0.3) is 0 Å². The Balaban J connectivity index is 2.48. The van der Waals surface area contributed by atoms with E-state index in [4.69, 9.17) is 11.0 Å². The summed E-state index contributed by atoms with van der Waals surface area (Å²) >= 11 is 1.53. The molecule has 0 radical (unpaired) electrons. The van der Waals surface area contributed by atoms with Crippen molar-refractivity contribution in [1.82, 2.24) is 0 Å². The third-order valence-electron chi connectivity index (χ3n) is 2.87. The second kappa shape index (κ2) is 3.74. The van der Waals surface area contributed by atoms with E-state index in [0.29, 0.717) is 10.8 Å². The molecule has 0 amide bonds. The van der Waals surface area contributed by atoms with Crippen LogP contribution in [0.3, 0.4) is 0 Å². The minimum Gasteiger partial charge on any atom is -0.397 e. The van der Waals surface area contributed by atoms with Crippen LogP contribution in [0.4, 0.5) is 10.7 Å². The van der Waals surface area contributed by atoms with Gasteiger partial charge < -0.3 is 10.6 Å². The van der Waals surface area contributed by atoms with E-state index in [1.165, 1.54) is 34.7 Å². The Morgan fingerprint density at radius 3 is 2.73 bits per heavy atom. The van der Waals surface area contributed by atoms with E-state index < -0.39 is 0 Å². The monoisotopic (exact) mass is 221 g/mol. The number of rotatable bonds is 3. The van der Waals surface area contributed by atoms with Gasteiger partial charge in [0.2, 0.25) is 0 Å². The molecule has 0 unspecified atom stereocenters. The Bertz CT molecular complexity index is 412. The number of thiophene rings is 1. The second-order valence-electron chi connectivity index (χ2n) is 3.96. The van der Waals surface area contributed by atoms with Gasteiger partial charge in [-0.2, -0.15) is 5.26 Å². The number of hydrogen-bond acceptors (Lipinski definition) is 4. The molecule has 2 N–H and O–H groups in total. The van der Waals surface area contributed by atoms with Crippen molar-refractivity contribution in [2.24, 2.45) is 0 Å². The number of nitrogen functional groups attached to an aromatic ring is 1. The lowest BCUT2D eigenvalue weighted by Gasteiger charge is -2.16. The van der Waals surface area contributed by atoms with Gasteiger partial charge in [-0.1, -0.05) is 0 Å². The first-order valence-corrected chi connectivity index (χ1v) is 6.04. The Morgan fingerprint density at radius 1 is 1.60 bits per heavy atom. The van der Waals surface area contributed by atoms with Gasteiger partial charge in [0.1, 0.15) is 10.9 Å². The maximum atomic E-state index is 8.97. The highest BCUT2D eigenvalue weighted by molar-refractivity contribution is 7.17. The van der Waals surface area contributed by atoms with Crippen LogP contribution in [0, 0.1) is 11.3 Å². The standard InChI is InChI=1S/C11H15N3S/c1-3-14(2)11-9(7-4-5-7)10(13)8(6-12)15-11/h7H,3-5,13H2,1-2H3. The number of nitrogens with zero attached hydrogens (tertiary/aromatic N) is 2. The van der Waals surface area contributed by atoms with E-state index in [9.17, 15) is 0 Å². The lowest BCUT2D eigenvalue weighted by molar-refractivity contribution is 0.963. The van der Waals surface area contributed by atoms with Crippen LogP contribution in [0.25, 0.3) is 0 Å². The van der Waals surface area contributed by atoms with Gasteiger partial charge in [0.05, 0.1) is 10.7 Å². The summed E-state index contributed by atoms with van der Waals surface area (Å²) in [5.74, 6) is 0.604. The van der Waals surface area contributed by atoms with Crippen molar-refractivity contribution in [1.29, 1.82) is 5.26 Å². The van der Waals surface area contributed by atoms with Gasteiger partial charge in [-0.05, 0) is 25.7 Å². The van der Waals surface area contributed by atoms with Crippen molar-refractivity contribution in [3.8, 4) is 6.07 Å². The fraction of sp³-hybridized carbons (Fsp3) is 0.545. The van der Waals surface area contributed by atoms with Crippen LogP contribution in [-0.2, 0) is 0 Å². The van der Waals surface area contributed by atoms with Crippen molar-refractivity contribution >= 4 is 22.0 Å². The molecule has 1 aromatic heterocycles. The average Bonchev–Trinajstić information content (AvgIpc) is 3.02. The molecule has 2 rings (SSSR count). The van der Waals surface area contributed by atoms with Gasteiger partial charge in [0, 0.05) is 19.2 Å². The Labute approximate surface area is 94.1 Å². The molecule has 4 heteroatoms. The van der Waals surface area contributed by atoms with Gasteiger partial charge in [-0.3, -0.25) is 0 Å². The minimum atomic E-state index is 0.604. The van der Waals surface area contributed by atoms with Gasteiger partial charge in [-0.25, -0.2) is 0 Å². The lowest BCUT2D eigenvalue weighted by atomic mass is 10.1. The molecule has 0 spiro atoms. The zero-order valence-corrected chi connectivity index (χ0v) is 9.90. The molecule has 1 fully saturated rings. The van der Waals surface area contributed by atoms with Crippen molar-refractivity contribution in [2.45, 2.75) is 25.7 Å².